The van der Waals surface area contributed by atoms with Crippen LogP contribution in [0.5, 0.6) is 0 Å². The predicted octanol–water partition coefficient (Wildman–Crippen LogP) is 2.76. The van der Waals surface area contributed by atoms with Crippen molar-refractivity contribution in [3.05, 3.63) is 54.1 Å². The minimum absolute atomic E-state index is 0.0278. The summed E-state index contributed by atoms with van der Waals surface area (Å²) in [6, 6.07) is 8.41. The Hall–Kier alpha value is -2.15. The van der Waals surface area contributed by atoms with Gasteiger partial charge >= 0.3 is 0 Å². The fourth-order valence-electron chi connectivity index (χ4n) is 1.96. The van der Waals surface area contributed by atoms with Crippen LogP contribution >= 0.6 is 0 Å². The van der Waals surface area contributed by atoms with Gasteiger partial charge in [0, 0.05) is 12.2 Å². The minimum atomic E-state index is -4.16. The summed E-state index contributed by atoms with van der Waals surface area (Å²) >= 11 is 0. The van der Waals surface area contributed by atoms with E-state index < -0.39 is 26.6 Å². The van der Waals surface area contributed by atoms with E-state index in [1.165, 1.54) is 24.3 Å². The molecule has 0 saturated heterocycles. The van der Waals surface area contributed by atoms with E-state index in [2.05, 4.69) is 0 Å². The largest absolute Gasteiger partial charge is 0.399 e. The van der Waals surface area contributed by atoms with Crippen LogP contribution in [0, 0.1) is 11.6 Å². The Bertz CT molecular complexity index is 763. The van der Waals surface area contributed by atoms with Crippen molar-refractivity contribution in [2.24, 2.45) is 0 Å². The van der Waals surface area contributed by atoms with Crippen molar-refractivity contribution in [3.8, 4) is 0 Å². The van der Waals surface area contributed by atoms with E-state index in [1.807, 2.05) is 0 Å². The molecule has 0 spiro atoms. The molecule has 7 heteroatoms. The fourth-order valence-corrected chi connectivity index (χ4v) is 3.53. The zero-order valence-electron chi connectivity index (χ0n) is 11.3. The number of benzene rings is 2. The summed E-state index contributed by atoms with van der Waals surface area (Å²) in [6.07, 6.45) is 0. The molecular weight excluding hydrogens is 298 g/mol. The lowest BCUT2D eigenvalue weighted by atomic mass is 10.3. The Kier molecular flexibility index (Phi) is 4.13. The van der Waals surface area contributed by atoms with Crippen LogP contribution in [0.25, 0.3) is 0 Å². The summed E-state index contributed by atoms with van der Waals surface area (Å²) in [7, 11) is -4.16. The second-order valence-corrected chi connectivity index (χ2v) is 6.17. The van der Waals surface area contributed by atoms with Crippen LogP contribution in [0.2, 0.25) is 0 Å². The van der Waals surface area contributed by atoms with E-state index in [1.54, 1.807) is 6.92 Å². The lowest BCUT2D eigenvalue weighted by Crippen LogP contribution is -2.31. The topological polar surface area (TPSA) is 63.4 Å². The Morgan fingerprint density at radius 2 is 1.86 bits per heavy atom. The van der Waals surface area contributed by atoms with Crippen LogP contribution in [0.15, 0.2) is 47.4 Å². The van der Waals surface area contributed by atoms with E-state index in [0.29, 0.717) is 0 Å². The normalized spacial score (nSPS) is 11.4. The maximum absolute atomic E-state index is 13.8. The van der Waals surface area contributed by atoms with Gasteiger partial charge in [-0.25, -0.2) is 17.2 Å². The summed E-state index contributed by atoms with van der Waals surface area (Å²) in [5.41, 5.74) is 5.77. The van der Waals surface area contributed by atoms with Crippen LogP contribution < -0.4 is 10.0 Å². The van der Waals surface area contributed by atoms with Gasteiger partial charge in [-0.05, 0) is 43.3 Å². The van der Waals surface area contributed by atoms with Crippen LogP contribution in [-0.4, -0.2) is 15.0 Å². The molecule has 0 saturated carbocycles. The van der Waals surface area contributed by atoms with Gasteiger partial charge in [0.25, 0.3) is 10.0 Å². The molecule has 4 nitrogen and oxygen atoms in total. The van der Waals surface area contributed by atoms with Crippen molar-refractivity contribution in [3.63, 3.8) is 0 Å². The SMILES string of the molecule is CCN(c1cccc(F)c1)S(=O)(=O)c1cc(N)ccc1F. The third-order valence-electron chi connectivity index (χ3n) is 2.91. The first-order chi connectivity index (χ1) is 9.86. The number of anilines is 2. The van der Waals surface area contributed by atoms with Gasteiger partial charge in [0.2, 0.25) is 0 Å². The molecule has 2 N–H and O–H groups in total. The number of hydrogen-bond donors (Lipinski definition) is 1. The lowest BCUT2D eigenvalue weighted by Gasteiger charge is -2.23. The van der Waals surface area contributed by atoms with Crippen LogP contribution in [-0.2, 0) is 10.0 Å². The highest BCUT2D eigenvalue weighted by atomic mass is 32.2. The van der Waals surface area contributed by atoms with Crippen molar-refractivity contribution < 1.29 is 17.2 Å². The third-order valence-corrected chi connectivity index (χ3v) is 4.82. The van der Waals surface area contributed by atoms with Gasteiger partial charge in [-0.1, -0.05) is 6.07 Å². The first-order valence-electron chi connectivity index (χ1n) is 6.19. The molecule has 0 bridgehead atoms. The summed E-state index contributed by atoms with van der Waals surface area (Å²) in [4.78, 5) is -0.534. The third kappa shape index (κ3) is 2.97. The van der Waals surface area contributed by atoms with Crippen molar-refractivity contribution in [2.45, 2.75) is 11.8 Å². The van der Waals surface area contributed by atoms with Crippen LogP contribution in [0.1, 0.15) is 6.92 Å². The monoisotopic (exact) mass is 312 g/mol. The molecule has 0 aliphatic rings. The van der Waals surface area contributed by atoms with Crippen molar-refractivity contribution >= 4 is 21.4 Å². The van der Waals surface area contributed by atoms with Crippen molar-refractivity contribution in [2.75, 3.05) is 16.6 Å². The smallest absolute Gasteiger partial charge is 0.267 e. The molecule has 0 atom stereocenters. The molecule has 0 amide bonds. The average Bonchev–Trinajstić information content (AvgIpc) is 2.42. The fraction of sp³-hybridized carbons (Fsp3) is 0.143. The van der Waals surface area contributed by atoms with Crippen LogP contribution in [0.3, 0.4) is 0 Å². The average molecular weight is 312 g/mol. The first kappa shape index (κ1) is 15.2. The van der Waals surface area contributed by atoms with Gasteiger partial charge in [0.15, 0.2) is 0 Å². The highest BCUT2D eigenvalue weighted by molar-refractivity contribution is 7.92. The number of nitrogen functional groups attached to an aromatic ring is 1. The minimum Gasteiger partial charge on any atom is -0.399 e. The Labute approximate surface area is 121 Å². The van der Waals surface area contributed by atoms with E-state index in [-0.39, 0.29) is 17.9 Å². The van der Waals surface area contributed by atoms with E-state index >= 15 is 0 Å². The number of nitrogens with two attached hydrogens (primary N) is 1. The molecule has 2 rings (SSSR count). The molecule has 0 aliphatic heterocycles. The lowest BCUT2D eigenvalue weighted by molar-refractivity contribution is 0.564. The molecule has 0 radical (unpaired) electrons. The molecule has 2 aromatic carbocycles. The van der Waals surface area contributed by atoms with Gasteiger partial charge < -0.3 is 5.73 Å². The summed E-state index contributed by atoms with van der Waals surface area (Å²) in [6.45, 7) is 1.60. The quantitative estimate of drug-likeness (QED) is 0.883. The molecular formula is C14H14F2N2O2S. The van der Waals surface area contributed by atoms with Gasteiger partial charge in [-0.3, -0.25) is 4.31 Å². The van der Waals surface area contributed by atoms with E-state index in [0.717, 1.165) is 22.5 Å². The number of rotatable bonds is 4. The highest BCUT2D eigenvalue weighted by Crippen LogP contribution is 2.26. The summed E-state index contributed by atoms with van der Waals surface area (Å²) in [5, 5.41) is 0. The Balaban J connectivity index is 2.57. The molecule has 21 heavy (non-hydrogen) atoms. The predicted molar refractivity (Wildman–Crippen MR) is 77.4 cm³/mol. The standard InChI is InChI=1S/C14H14F2N2O2S/c1-2-18(12-5-3-4-10(15)8-12)21(19,20)14-9-11(17)6-7-13(14)16/h3-9H,2,17H2,1H3. The van der Waals surface area contributed by atoms with Gasteiger partial charge in [0.05, 0.1) is 5.69 Å². The van der Waals surface area contributed by atoms with Gasteiger partial charge in [-0.15, -0.1) is 0 Å². The molecule has 0 fully saturated rings. The Morgan fingerprint density at radius 1 is 1.14 bits per heavy atom. The molecule has 0 unspecified atom stereocenters. The van der Waals surface area contributed by atoms with Crippen molar-refractivity contribution in [1.29, 1.82) is 0 Å². The van der Waals surface area contributed by atoms with Crippen LogP contribution in [0.4, 0.5) is 20.2 Å². The maximum atomic E-state index is 13.8. The number of halogens is 2. The Morgan fingerprint density at radius 3 is 2.48 bits per heavy atom. The number of nitrogens with zero attached hydrogens (tertiary/aromatic N) is 1. The number of hydrogen-bond acceptors (Lipinski definition) is 3. The first-order valence-corrected chi connectivity index (χ1v) is 7.63. The zero-order chi connectivity index (χ0) is 15.6. The second-order valence-electron chi connectivity index (χ2n) is 4.34. The molecule has 112 valence electrons. The zero-order valence-corrected chi connectivity index (χ0v) is 12.1. The van der Waals surface area contributed by atoms with Gasteiger partial charge in [-0.2, -0.15) is 0 Å². The molecule has 0 heterocycles. The molecule has 0 aromatic heterocycles. The second kappa shape index (κ2) is 5.69. The molecule has 2 aromatic rings. The summed E-state index contributed by atoms with van der Waals surface area (Å²) in [5.74, 6) is -1.48. The maximum Gasteiger partial charge on any atom is 0.267 e. The van der Waals surface area contributed by atoms with E-state index in [4.69, 9.17) is 5.73 Å². The highest BCUT2D eigenvalue weighted by Gasteiger charge is 2.27. The summed E-state index contributed by atoms with van der Waals surface area (Å²) < 4.78 is 53.1. The number of sulfonamides is 1. The van der Waals surface area contributed by atoms with Crippen molar-refractivity contribution in [1.82, 2.24) is 0 Å². The van der Waals surface area contributed by atoms with Gasteiger partial charge in [0.1, 0.15) is 16.5 Å². The van der Waals surface area contributed by atoms with E-state index in [9.17, 15) is 17.2 Å². The molecule has 0 aliphatic carbocycles.